The van der Waals surface area contributed by atoms with Crippen LogP contribution in [0.1, 0.15) is 5.56 Å². The third-order valence-electron chi connectivity index (χ3n) is 4.51. The number of thiazole rings is 1. The van der Waals surface area contributed by atoms with Crippen LogP contribution < -0.4 is 5.32 Å². The molecule has 0 saturated carbocycles. The molecule has 0 radical (unpaired) electrons. The summed E-state index contributed by atoms with van der Waals surface area (Å²) in [6.45, 7) is 0.575. The second-order valence-electron chi connectivity index (χ2n) is 6.68. The number of hydrogen-bond acceptors (Lipinski definition) is 7. The van der Waals surface area contributed by atoms with Crippen LogP contribution in [0.15, 0.2) is 82.6 Å². The molecule has 0 aliphatic carbocycles. The molecule has 7 nitrogen and oxygen atoms in total. The zero-order chi connectivity index (χ0) is 21.0. The fourth-order valence-corrected chi connectivity index (χ4v) is 4.72. The van der Waals surface area contributed by atoms with Crippen molar-refractivity contribution in [2.75, 3.05) is 11.1 Å². The lowest BCUT2D eigenvalue weighted by Crippen LogP contribution is -2.14. The molecule has 9 heteroatoms. The summed E-state index contributed by atoms with van der Waals surface area (Å²) in [6.07, 6.45) is 1.61. The third-order valence-corrected chi connectivity index (χ3v) is 6.43. The predicted molar refractivity (Wildman–Crippen MR) is 122 cm³/mol. The minimum Gasteiger partial charge on any atom is -0.461 e. The highest BCUT2D eigenvalue weighted by molar-refractivity contribution is 7.99. The van der Waals surface area contributed by atoms with Crippen LogP contribution in [0, 0.1) is 0 Å². The first kappa shape index (κ1) is 19.5. The molecule has 0 bridgehead atoms. The fourth-order valence-electron chi connectivity index (χ4n) is 3.10. The van der Waals surface area contributed by atoms with E-state index in [2.05, 4.69) is 20.5 Å². The fraction of sp³-hybridized carbons (Fsp3) is 0.0909. The first-order valence-corrected chi connectivity index (χ1v) is 11.4. The lowest BCUT2D eigenvalue weighted by molar-refractivity contribution is -0.113. The molecule has 1 N–H and O–H groups in total. The molecular formula is C22H17N5O2S2. The zero-order valence-corrected chi connectivity index (χ0v) is 17.9. The molecule has 3 aromatic heterocycles. The van der Waals surface area contributed by atoms with Gasteiger partial charge in [0, 0.05) is 0 Å². The number of carbonyl (C=O) groups excluding carboxylic acids is 1. The molecule has 0 spiro atoms. The molecule has 1 amide bonds. The Hall–Kier alpha value is -3.43. The minimum atomic E-state index is -0.141. The molecule has 3 heterocycles. The smallest absolute Gasteiger partial charge is 0.236 e. The number of para-hydroxylation sites is 1. The van der Waals surface area contributed by atoms with E-state index in [0.717, 1.165) is 15.8 Å². The number of thioether (sulfide) groups is 1. The average Bonchev–Trinajstić information content (AvgIpc) is 3.52. The Kier molecular flexibility index (Phi) is 5.51. The predicted octanol–water partition coefficient (Wildman–Crippen LogP) is 4.93. The Bertz CT molecular complexity index is 1280. The molecule has 154 valence electrons. The van der Waals surface area contributed by atoms with Gasteiger partial charge in [0.05, 0.1) is 28.8 Å². The molecule has 0 atom stereocenters. The molecule has 0 fully saturated rings. The van der Waals surface area contributed by atoms with Gasteiger partial charge in [0.2, 0.25) is 11.7 Å². The molecule has 5 aromatic rings. The number of anilines is 1. The first-order chi connectivity index (χ1) is 15.3. The summed E-state index contributed by atoms with van der Waals surface area (Å²) in [5.74, 6) is 1.32. The maximum Gasteiger partial charge on any atom is 0.236 e. The first-order valence-electron chi connectivity index (χ1n) is 9.55. The summed E-state index contributed by atoms with van der Waals surface area (Å²) in [6, 6.07) is 21.5. The molecular weight excluding hydrogens is 430 g/mol. The molecule has 0 unspecified atom stereocenters. The van der Waals surface area contributed by atoms with E-state index >= 15 is 0 Å². The van der Waals surface area contributed by atoms with Crippen LogP contribution in [-0.4, -0.2) is 31.4 Å². The number of carbonyl (C=O) groups is 1. The highest BCUT2D eigenvalue weighted by atomic mass is 32.2. The Balaban J connectivity index is 1.33. The third kappa shape index (κ3) is 4.37. The standard InChI is InChI=1S/C22H17N5O2S2/c28-19(24-21-23-16-9-4-5-11-18(16)31-21)14-30-22-26-25-20(17-10-6-12-29-17)27(22)13-15-7-2-1-3-8-15/h1-12H,13-14H2,(H,23,24,28). The van der Waals surface area contributed by atoms with Crippen LogP contribution in [0.4, 0.5) is 5.13 Å². The van der Waals surface area contributed by atoms with E-state index in [4.69, 9.17) is 4.42 Å². The van der Waals surface area contributed by atoms with E-state index in [1.54, 1.807) is 6.26 Å². The van der Waals surface area contributed by atoms with Gasteiger partial charge in [0.25, 0.3) is 0 Å². The van der Waals surface area contributed by atoms with E-state index in [9.17, 15) is 4.79 Å². The SMILES string of the molecule is O=C(CSc1nnc(-c2ccco2)n1Cc1ccccc1)Nc1nc2ccccc2s1. The lowest BCUT2D eigenvalue weighted by Gasteiger charge is -2.09. The van der Waals surface area contributed by atoms with Gasteiger partial charge < -0.3 is 9.73 Å². The second-order valence-corrected chi connectivity index (χ2v) is 8.65. The van der Waals surface area contributed by atoms with Crippen molar-refractivity contribution in [3.8, 4) is 11.6 Å². The van der Waals surface area contributed by atoms with E-state index < -0.39 is 0 Å². The van der Waals surface area contributed by atoms with Crippen molar-refractivity contribution >= 4 is 44.4 Å². The van der Waals surface area contributed by atoms with Gasteiger partial charge in [-0.05, 0) is 29.8 Å². The Labute approximate surface area is 186 Å². The summed E-state index contributed by atoms with van der Waals surface area (Å²) in [5, 5.41) is 12.7. The van der Waals surface area contributed by atoms with E-state index in [1.165, 1.54) is 23.1 Å². The van der Waals surface area contributed by atoms with E-state index in [-0.39, 0.29) is 11.7 Å². The summed E-state index contributed by atoms with van der Waals surface area (Å²) < 4.78 is 8.53. The van der Waals surface area contributed by atoms with Crippen LogP contribution in [-0.2, 0) is 11.3 Å². The highest BCUT2D eigenvalue weighted by Gasteiger charge is 2.18. The van der Waals surface area contributed by atoms with Crippen molar-refractivity contribution in [2.24, 2.45) is 0 Å². The summed E-state index contributed by atoms with van der Waals surface area (Å²) in [4.78, 5) is 17.0. The molecule has 0 aliphatic heterocycles. The van der Waals surface area contributed by atoms with Gasteiger partial charge >= 0.3 is 0 Å². The number of amides is 1. The number of furan rings is 1. The summed E-state index contributed by atoms with van der Waals surface area (Å²) >= 11 is 2.79. The molecule has 5 rings (SSSR count). The zero-order valence-electron chi connectivity index (χ0n) is 16.3. The maximum absolute atomic E-state index is 12.5. The Morgan fingerprint density at radius 3 is 2.68 bits per heavy atom. The van der Waals surface area contributed by atoms with Gasteiger partial charge in [-0.15, -0.1) is 10.2 Å². The van der Waals surface area contributed by atoms with Crippen LogP contribution in [0.5, 0.6) is 0 Å². The quantitative estimate of drug-likeness (QED) is 0.356. The van der Waals surface area contributed by atoms with Crippen molar-refractivity contribution in [3.05, 3.63) is 78.6 Å². The summed E-state index contributed by atoms with van der Waals surface area (Å²) in [5.41, 5.74) is 1.98. The van der Waals surface area contributed by atoms with Crippen LogP contribution in [0.2, 0.25) is 0 Å². The average molecular weight is 448 g/mol. The highest BCUT2D eigenvalue weighted by Crippen LogP contribution is 2.27. The van der Waals surface area contributed by atoms with Gasteiger partial charge in [-0.3, -0.25) is 9.36 Å². The van der Waals surface area contributed by atoms with Crippen molar-refractivity contribution in [1.82, 2.24) is 19.7 Å². The summed E-state index contributed by atoms with van der Waals surface area (Å²) in [7, 11) is 0. The van der Waals surface area contributed by atoms with Crippen LogP contribution in [0.25, 0.3) is 21.8 Å². The van der Waals surface area contributed by atoms with Crippen molar-refractivity contribution in [1.29, 1.82) is 0 Å². The van der Waals surface area contributed by atoms with Gasteiger partial charge in [-0.1, -0.05) is 65.6 Å². The number of rotatable bonds is 7. The van der Waals surface area contributed by atoms with Gasteiger partial charge in [-0.2, -0.15) is 0 Å². The van der Waals surface area contributed by atoms with Crippen LogP contribution >= 0.6 is 23.1 Å². The molecule has 2 aromatic carbocycles. The molecule has 0 aliphatic rings. The number of aromatic nitrogens is 4. The topological polar surface area (TPSA) is 85.8 Å². The Morgan fingerprint density at radius 1 is 1.03 bits per heavy atom. The number of nitrogens with one attached hydrogen (secondary N) is 1. The molecule has 31 heavy (non-hydrogen) atoms. The number of nitrogens with zero attached hydrogens (tertiary/aromatic N) is 4. The van der Waals surface area contributed by atoms with Gasteiger partial charge in [0.15, 0.2) is 16.0 Å². The normalized spacial score (nSPS) is 11.1. The van der Waals surface area contributed by atoms with Crippen LogP contribution in [0.3, 0.4) is 0 Å². The second kappa shape index (κ2) is 8.75. The number of fused-ring (bicyclic) bond motifs is 1. The lowest BCUT2D eigenvalue weighted by atomic mass is 10.2. The van der Waals surface area contributed by atoms with E-state index in [0.29, 0.717) is 28.4 Å². The number of hydrogen-bond donors (Lipinski definition) is 1. The van der Waals surface area contributed by atoms with Crippen molar-refractivity contribution in [3.63, 3.8) is 0 Å². The largest absolute Gasteiger partial charge is 0.461 e. The molecule has 0 saturated heterocycles. The van der Waals surface area contributed by atoms with Gasteiger partial charge in [0.1, 0.15) is 0 Å². The number of benzene rings is 2. The van der Waals surface area contributed by atoms with Crippen molar-refractivity contribution < 1.29 is 9.21 Å². The van der Waals surface area contributed by atoms with Crippen molar-refractivity contribution in [2.45, 2.75) is 11.7 Å². The monoisotopic (exact) mass is 447 g/mol. The van der Waals surface area contributed by atoms with E-state index in [1.807, 2.05) is 71.3 Å². The Morgan fingerprint density at radius 2 is 1.87 bits per heavy atom. The minimum absolute atomic E-state index is 0.141. The maximum atomic E-state index is 12.5. The van der Waals surface area contributed by atoms with Gasteiger partial charge in [-0.25, -0.2) is 4.98 Å².